The van der Waals surface area contributed by atoms with Crippen molar-refractivity contribution in [3.05, 3.63) is 48.0 Å². The van der Waals surface area contributed by atoms with Crippen molar-refractivity contribution in [2.24, 2.45) is 17.3 Å². The van der Waals surface area contributed by atoms with Crippen molar-refractivity contribution in [3.63, 3.8) is 0 Å². The first-order valence-corrected chi connectivity index (χ1v) is 9.26. The summed E-state index contributed by atoms with van der Waals surface area (Å²) in [6.45, 7) is 6.53. The standard InChI is InChI=1S/C23H28O3/c1-15-6-9-20(24)16(2)23(15,3)13-12-17-7-8-18-19(14-17)22(26-5)11-10-21(18)25-4/h6-11,14-16H,12-13H2,1-5H3/t15-,16?,23+/m1/s1. The van der Waals surface area contributed by atoms with Crippen LogP contribution in [0.5, 0.6) is 11.5 Å². The molecule has 0 amide bonds. The van der Waals surface area contributed by atoms with Gasteiger partial charge < -0.3 is 9.47 Å². The highest BCUT2D eigenvalue weighted by atomic mass is 16.5. The molecule has 3 atom stereocenters. The number of hydrogen-bond donors (Lipinski definition) is 0. The Kier molecular flexibility index (Phi) is 5.08. The Balaban J connectivity index is 1.90. The molecular formula is C23H28O3. The van der Waals surface area contributed by atoms with Gasteiger partial charge in [-0.15, -0.1) is 0 Å². The predicted molar refractivity (Wildman–Crippen MR) is 106 cm³/mol. The molecule has 1 aliphatic rings. The number of ether oxygens (including phenoxy) is 2. The van der Waals surface area contributed by atoms with Crippen LogP contribution in [0, 0.1) is 17.3 Å². The molecule has 2 aromatic rings. The van der Waals surface area contributed by atoms with Gasteiger partial charge in [0.15, 0.2) is 5.78 Å². The Morgan fingerprint density at radius 3 is 2.31 bits per heavy atom. The van der Waals surface area contributed by atoms with Crippen LogP contribution in [-0.4, -0.2) is 20.0 Å². The van der Waals surface area contributed by atoms with Gasteiger partial charge in [0.1, 0.15) is 11.5 Å². The molecular weight excluding hydrogens is 324 g/mol. The summed E-state index contributed by atoms with van der Waals surface area (Å²) in [6, 6.07) is 10.3. The fourth-order valence-corrected chi connectivity index (χ4v) is 4.03. The first-order chi connectivity index (χ1) is 12.4. The normalized spacial score (nSPS) is 25.5. The molecule has 0 saturated heterocycles. The van der Waals surface area contributed by atoms with Gasteiger partial charge in [0.25, 0.3) is 0 Å². The maximum atomic E-state index is 12.2. The van der Waals surface area contributed by atoms with Crippen LogP contribution < -0.4 is 9.47 Å². The molecule has 0 saturated carbocycles. The van der Waals surface area contributed by atoms with Crippen LogP contribution in [0.15, 0.2) is 42.5 Å². The van der Waals surface area contributed by atoms with E-state index >= 15 is 0 Å². The Bertz CT molecular complexity index is 852. The Labute approximate surface area is 156 Å². The molecule has 2 aromatic carbocycles. The average Bonchev–Trinajstić information content (AvgIpc) is 2.67. The summed E-state index contributed by atoms with van der Waals surface area (Å²) in [5, 5.41) is 2.12. The molecule has 0 aliphatic heterocycles. The van der Waals surface area contributed by atoms with E-state index in [2.05, 4.69) is 45.0 Å². The van der Waals surface area contributed by atoms with Crippen molar-refractivity contribution >= 4 is 16.6 Å². The fourth-order valence-electron chi connectivity index (χ4n) is 4.03. The zero-order chi connectivity index (χ0) is 18.9. The van der Waals surface area contributed by atoms with Crippen molar-refractivity contribution in [3.8, 4) is 11.5 Å². The summed E-state index contributed by atoms with van der Waals surface area (Å²) in [4.78, 5) is 12.2. The van der Waals surface area contributed by atoms with Crippen molar-refractivity contribution in [2.45, 2.75) is 33.6 Å². The Hall–Kier alpha value is -2.29. The van der Waals surface area contributed by atoms with E-state index in [1.54, 1.807) is 20.3 Å². The van der Waals surface area contributed by atoms with Crippen LogP contribution in [0.4, 0.5) is 0 Å². The highest BCUT2D eigenvalue weighted by Gasteiger charge is 2.40. The number of rotatable bonds is 5. The van der Waals surface area contributed by atoms with Gasteiger partial charge in [-0.3, -0.25) is 4.79 Å². The maximum Gasteiger partial charge on any atom is 0.158 e. The number of benzene rings is 2. The minimum Gasteiger partial charge on any atom is -0.496 e. The van der Waals surface area contributed by atoms with Gasteiger partial charge in [-0.05, 0) is 54.0 Å². The van der Waals surface area contributed by atoms with E-state index in [0.717, 1.165) is 35.1 Å². The Morgan fingerprint density at radius 1 is 1.00 bits per heavy atom. The largest absolute Gasteiger partial charge is 0.496 e. The summed E-state index contributed by atoms with van der Waals surface area (Å²) < 4.78 is 11.0. The van der Waals surface area contributed by atoms with Crippen molar-refractivity contribution in [1.82, 2.24) is 0 Å². The third-order valence-corrected chi connectivity index (χ3v) is 6.40. The number of carbonyl (C=O) groups is 1. The smallest absolute Gasteiger partial charge is 0.158 e. The quantitative estimate of drug-likeness (QED) is 0.741. The Morgan fingerprint density at radius 2 is 1.65 bits per heavy atom. The van der Waals surface area contributed by atoms with Gasteiger partial charge in [-0.2, -0.15) is 0 Å². The molecule has 3 nitrogen and oxygen atoms in total. The van der Waals surface area contributed by atoms with Crippen LogP contribution in [0.25, 0.3) is 10.8 Å². The van der Waals surface area contributed by atoms with Gasteiger partial charge in [0.05, 0.1) is 14.2 Å². The average molecular weight is 352 g/mol. The molecule has 26 heavy (non-hydrogen) atoms. The molecule has 0 bridgehead atoms. The predicted octanol–water partition coefficient (Wildman–Crippen LogP) is 5.21. The summed E-state index contributed by atoms with van der Waals surface area (Å²) >= 11 is 0. The second-order valence-corrected chi connectivity index (χ2v) is 7.63. The second kappa shape index (κ2) is 7.14. The van der Waals surface area contributed by atoms with Gasteiger partial charge in [0, 0.05) is 16.7 Å². The lowest BCUT2D eigenvalue weighted by atomic mass is 9.62. The molecule has 0 heterocycles. The minimum atomic E-state index is -0.0146. The number of methoxy groups -OCH3 is 2. The van der Waals surface area contributed by atoms with Crippen molar-refractivity contribution in [2.75, 3.05) is 14.2 Å². The molecule has 0 aromatic heterocycles. The maximum absolute atomic E-state index is 12.2. The number of allylic oxidation sites excluding steroid dienone is 2. The first-order valence-electron chi connectivity index (χ1n) is 9.26. The number of fused-ring (bicyclic) bond motifs is 1. The number of ketones is 1. The van der Waals surface area contributed by atoms with E-state index in [0.29, 0.717) is 5.92 Å². The highest BCUT2D eigenvalue weighted by Crippen LogP contribution is 2.44. The van der Waals surface area contributed by atoms with Crippen molar-refractivity contribution < 1.29 is 14.3 Å². The van der Waals surface area contributed by atoms with E-state index < -0.39 is 0 Å². The monoisotopic (exact) mass is 352 g/mol. The summed E-state index contributed by atoms with van der Waals surface area (Å²) in [5.74, 6) is 2.40. The molecule has 1 unspecified atom stereocenters. The molecule has 0 spiro atoms. The summed E-state index contributed by atoms with van der Waals surface area (Å²) in [7, 11) is 3.38. The number of aryl methyl sites for hydroxylation is 1. The van der Waals surface area contributed by atoms with Crippen LogP contribution in [-0.2, 0) is 11.2 Å². The number of hydrogen-bond acceptors (Lipinski definition) is 3. The summed E-state index contributed by atoms with van der Waals surface area (Å²) in [5.41, 5.74) is 1.24. The zero-order valence-corrected chi connectivity index (χ0v) is 16.3. The molecule has 0 radical (unpaired) electrons. The zero-order valence-electron chi connectivity index (χ0n) is 16.3. The van der Waals surface area contributed by atoms with Gasteiger partial charge in [0.2, 0.25) is 0 Å². The van der Waals surface area contributed by atoms with Crippen molar-refractivity contribution in [1.29, 1.82) is 0 Å². The first kappa shape index (κ1) is 18.5. The topological polar surface area (TPSA) is 35.5 Å². The number of carbonyl (C=O) groups excluding carboxylic acids is 1. The SMILES string of the molecule is COc1ccc(OC)c2cc(CC[C@]3(C)C(C)C(=O)C=C[C@H]3C)ccc12. The minimum absolute atomic E-state index is 0.0146. The third-order valence-electron chi connectivity index (χ3n) is 6.40. The molecule has 0 fully saturated rings. The second-order valence-electron chi connectivity index (χ2n) is 7.63. The summed E-state index contributed by atoms with van der Waals surface area (Å²) in [6.07, 6.45) is 5.73. The van der Waals surface area contributed by atoms with Crippen LogP contribution in [0.1, 0.15) is 32.8 Å². The lowest BCUT2D eigenvalue weighted by Crippen LogP contribution is -2.39. The molecule has 3 heteroatoms. The van der Waals surface area contributed by atoms with E-state index in [9.17, 15) is 4.79 Å². The highest BCUT2D eigenvalue weighted by molar-refractivity contribution is 5.94. The van der Waals surface area contributed by atoms with E-state index in [1.165, 1.54) is 5.56 Å². The van der Waals surface area contributed by atoms with Gasteiger partial charge in [-0.25, -0.2) is 0 Å². The van der Waals surface area contributed by atoms with Gasteiger partial charge in [-0.1, -0.05) is 39.0 Å². The van der Waals surface area contributed by atoms with E-state index in [1.807, 2.05) is 12.1 Å². The fraction of sp³-hybridized carbons (Fsp3) is 0.435. The lowest BCUT2D eigenvalue weighted by Gasteiger charge is -2.41. The van der Waals surface area contributed by atoms with E-state index in [-0.39, 0.29) is 17.1 Å². The third kappa shape index (κ3) is 3.11. The van der Waals surface area contributed by atoms with Crippen LogP contribution in [0.3, 0.4) is 0 Å². The molecule has 3 rings (SSSR count). The van der Waals surface area contributed by atoms with E-state index in [4.69, 9.17) is 9.47 Å². The van der Waals surface area contributed by atoms with Crippen LogP contribution >= 0.6 is 0 Å². The van der Waals surface area contributed by atoms with Gasteiger partial charge >= 0.3 is 0 Å². The molecule has 1 aliphatic carbocycles. The molecule has 0 N–H and O–H groups in total. The lowest BCUT2D eigenvalue weighted by molar-refractivity contribution is -0.123. The van der Waals surface area contributed by atoms with Crippen LogP contribution in [0.2, 0.25) is 0 Å². The molecule has 138 valence electrons.